The van der Waals surface area contributed by atoms with E-state index in [2.05, 4.69) is 15.6 Å². The van der Waals surface area contributed by atoms with Gasteiger partial charge < -0.3 is 10.6 Å². The zero-order valence-corrected chi connectivity index (χ0v) is 19.0. The Morgan fingerprint density at radius 3 is 2.38 bits per heavy atom. The molecule has 0 aliphatic heterocycles. The van der Waals surface area contributed by atoms with Gasteiger partial charge in [-0.25, -0.2) is 9.78 Å². The smallest absolute Gasteiger partial charge is 0.332 e. The summed E-state index contributed by atoms with van der Waals surface area (Å²) in [4.78, 5) is 53.8. The van der Waals surface area contributed by atoms with Gasteiger partial charge in [0.25, 0.3) is 17.4 Å². The monoisotopic (exact) mass is 457 g/mol. The summed E-state index contributed by atoms with van der Waals surface area (Å²) in [6, 6.07) is 17.3. The lowest BCUT2D eigenvalue weighted by Crippen LogP contribution is -2.37. The molecule has 0 atom stereocenters. The lowest BCUT2D eigenvalue weighted by Gasteiger charge is -2.10. The lowest BCUT2D eigenvalue weighted by atomic mass is 10.1. The second-order valence-corrected chi connectivity index (χ2v) is 7.98. The SMILES string of the molecule is Cc1ccc(C(=O)Nc2cccc(CNC(=O)c3ccc4c(=O)n(C)c(=O)n(C)c4n3)c2)cc1. The van der Waals surface area contributed by atoms with Crippen molar-refractivity contribution in [1.29, 1.82) is 0 Å². The fourth-order valence-corrected chi connectivity index (χ4v) is 3.52. The van der Waals surface area contributed by atoms with Crippen LogP contribution in [0, 0.1) is 6.92 Å². The molecule has 2 aromatic carbocycles. The number of nitrogens with one attached hydrogen (secondary N) is 2. The van der Waals surface area contributed by atoms with Crippen molar-refractivity contribution < 1.29 is 9.59 Å². The molecule has 0 saturated heterocycles. The predicted molar refractivity (Wildman–Crippen MR) is 129 cm³/mol. The van der Waals surface area contributed by atoms with E-state index in [-0.39, 0.29) is 29.2 Å². The van der Waals surface area contributed by atoms with E-state index in [1.807, 2.05) is 25.1 Å². The predicted octanol–water partition coefficient (Wildman–Crippen LogP) is 2.12. The van der Waals surface area contributed by atoms with Crippen molar-refractivity contribution in [2.24, 2.45) is 14.1 Å². The zero-order chi connectivity index (χ0) is 24.4. The van der Waals surface area contributed by atoms with Gasteiger partial charge in [-0.1, -0.05) is 29.8 Å². The normalized spacial score (nSPS) is 10.8. The highest BCUT2D eigenvalue weighted by Crippen LogP contribution is 2.13. The molecule has 0 spiro atoms. The summed E-state index contributed by atoms with van der Waals surface area (Å²) in [5.41, 5.74) is 2.23. The van der Waals surface area contributed by atoms with Crippen LogP contribution in [-0.2, 0) is 20.6 Å². The van der Waals surface area contributed by atoms with E-state index in [4.69, 9.17) is 0 Å². The number of anilines is 1. The highest BCUT2D eigenvalue weighted by Gasteiger charge is 2.14. The fraction of sp³-hybridized carbons (Fsp3) is 0.160. The minimum atomic E-state index is -0.521. The van der Waals surface area contributed by atoms with Gasteiger partial charge in [0.1, 0.15) is 11.3 Å². The molecule has 0 saturated carbocycles. The van der Waals surface area contributed by atoms with Crippen molar-refractivity contribution in [3.8, 4) is 0 Å². The molecule has 0 aliphatic carbocycles. The van der Waals surface area contributed by atoms with Crippen LogP contribution in [0.4, 0.5) is 5.69 Å². The Labute approximate surface area is 194 Å². The molecule has 9 nitrogen and oxygen atoms in total. The van der Waals surface area contributed by atoms with Gasteiger partial charge in [-0.15, -0.1) is 0 Å². The average molecular weight is 457 g/mol. The summed E-state index contributed by atoms with van der Waals surface area (Å²) in [6.07, 6.45) is 0. The first-order valence-electron chi connectivity index (χ1n) is 10.6. The molecule has 4 rings (SSSR count). The summed E-state index contributed by atoms with van der Waals surface area (Å²) in [7, 11) is 2.89. The molecule has 0 fully saturated rings. The van der Waals surface area contributed by atoms with Gasteiger partial charge in [0, 0.05) is 31.9 Å². The number of carbonyl (C=O) groups excluding carboxylic acids is 2. The van der Waals surface area contributed by atoms with Crippen LogP contribution in [0.5, 0.6) is 0 Å². The topological polar surface area (TPSA) is 115 Å². The van der Waals surface area contributed by atoms with E-state index in [9.17, 15) is 19.2 Å². The summed E-state index contributed by atoms with van der Waals surface area (Å²) in [5.74, 6) is -0.678. The van der Waals surface area contributed by atoms with Crippen LogP contribution >= 0.6 is 0 Å². The third-order valence-corrected chi connectivity index (χ3v) is 5.49. The van der Waals surface area contributed by atoms with Crippen LogP contribution in [0.25, 0.3) is 11.0 Å². The Bertz CT molecular complexity index is 1530. The molecule has 0 radical (unpaired) electrons. The van der Waals surface area contributed by atoms with Gasteiger partial charge in [-0.05, 0) is 48.9 Å². The number of hydrogen-bond acceptors (Lipinski definition) is 5. The van der Waals surface area contributed by atoms with Crippen molar-refractivity contribution in [2.45, 2.75) is 13.5 Å². The Kier molecular flexibility index (Phi) is 6.09. The number of nitrogens with zero attached hydrogens (tertiary/aromatic N) is 3. The largest absolute Gasteiger partial charge is 0.347 e. The lowest BCUT2D eigenvalue weighted by molar-refractivity contribution is 0.0945. The summed E-state index contributed by atoms with van der Waals surface area (Å²) in [5, 5.41) is 5.87. The second-order valence-electron chi connectivity index (χ2n) is 7.98. The van der Waals surface area contributed by atoms with Crippen molar-refractivity contribution in [3.63, 3.8) is 0 Å². The standard InChI is InChI=1S/C25H23N5O4/c1-15-7-9-17(10-8-15)22(31)27-18-6-4-5-16(13-18)14-26-23(32)20-12-11-19-21(28-20)29(2)25(34)30(3)24(19)33/h4-13H,14H2,1-3H3,(H,26,32)(H,27,31). The van der Waals surface area contributed by atoms with Crippen molar-refractivity contribution in [1.82, 2.24) is 19.4 Å². The molecule has 172 valence electrons. The first-order chi connectivity index (χ1) is 16.2. The van der Waals surface area contributed by atoms with Gasteiger partial charge in [0.2, 0.25) is 0 Å². The minimum absolute atomic E-state index is 0.0829. The molecule has 0 bridgehead atoms. The van der Waals surface area contributed by atoms with E-state index in [1.165, 1.54) is 30.8 Å². The molecular weight excluding hydrogens is 434 g/mol. The Balaban J connectivity index is 1.47. The van der Waals surface area contributed by atoms with Crippen molar-refractivity contribution in [3.05, 3.63) is 104 Å². The molecule has 2 heterocycles. The van der Waals surface area contributed by atoms with Crippen molar-refractivity contribution in [2.75, 3.05) is 5.32 Å². The first-order valence-corrected chi connectivity index (χ1v) is 10.6. The van der Waals surface area contributed by atoms with Gasteiger partial charge >= 0.3 is 5.69 Å². The minimum Gasteiger partial charge on any atom is -0.347 e. The first kappa shape index (κ1) is 22.7. The zero-order valence-electron chi connectivity index (χ0n) is 19.0. The number of fused-ring (bicyclic) bond motifs is 1. The highest BCUT2D eigenvalue weighted by atomic mass is 16.2. The molecule has 0 aliphatic rings. The summed E-state index contributed by atoms with van der Waals surface area (Å²) < 4.78 is 2.22. The third-order valence-electron chi connectivity index (χ3n) is 5.49. The Morgan fingerprint density at radius 1 is 0.912 bits per heavy atom. The van der Waals surface area contributed by atoms with Gasteiger partial charge in [-0.2, -0.15) is 0 Å². The molecule has 4 aromatic rings. The molecular formula is C25H23N5O4. The van der Waals surface area contributed by atoms with E-state index in [0.29, 0.717) is 11.3 Å². The number of aryl methyl sites for hydroxylation is 2. The maximum atomic E-state index is 12.7. The second kappa shape index (κ2) is 9.14. The molecule has 2 N–H and O–H groups in total. The highest BCUT2D eigenvalue weighted by molar-refractivity contribution is 6.04. The maximum absolute atomic E-state index is 12.7. The van der Waals surface area contributed by atoms with Crippen LogP contribution in [0.1, 0.15) is 32.0 Å². The number of rotatable bonds is 5. The van der Waals surface area contributed by atoms with E-state index in [0.717, 1.165) is 15.7 Å². The molecule has 2 aromatic heterocycles. The van der Waals surface area contributed by atoms with Crippen LogP contribution < -0.4 is 21.9 Å². The number of pyridine rings is 1. The summed E-state index contributed by atoms with van der Waals surface area (Å²) >= 11 is 0. The number of hydrogen-bond donors (Lipinski definition) is 2. The van der Waals surface area contributed by atoms with E-state index < -0.39 is 17.2 Å². The van der Waals surface area contributed by atoms with Crippen LogP contribution in [-0.4, -0.2) is 25.9 Å². The fourth-order valence-electron chi connectivity index (χ4n) is 3.52. The molecule has 2 amide bonds. The Hall–Kier alpha value is -4.53. The summed E-state index contributed by atoms with van der Waals surface area (Å²) in [6.45, 7) is 2.15. The van der Waals surface area contributed by atoms with Gasteiger partial charge in [0.05, 0.1) is 5.39 Å². The van der Waals surface area contributed by atoms with E-state index in [1.54, 1.807) is 30.3 Å². The quantitative estimate of drug-likeness (QED) is 0.476. The average Bonchev–Trinajstić information content (AvgIpc) is 2.85. The van der Waals surface area contributed by atoms with E-state index >= 15 is 0 Å². The third kappa shape index (κ3) is 4.49. The number of carbonyl (C=O) groups is 2. The maximum Gasteiger partial charge on any atom is 0.332 e. The molecule has 9 heteroatoms. The molecule has 34 heavy (non-hydrogen) atoms. The van der Waals surface area contributed by atoms with Gasteiger partial charge in [-0.3, -0.25) is 23.5 Å². The van der Waals surface area contributed by atoms with Crippen molar-refractivity contribution >= 4 is 28.5 Å². The van der Waals surface area contributed by atoms with Crippen LogP contribution in [0.2, 0.25) is 0 Å². The van der Waals surface area contributed by atoms with Gasteiger partial charge in [0.15, 0.2) is 0 Å². The van der Waals surface area contributed by atoms with Crippen LogP contribution in [0.15, 0.2) is 70.3 Å². The Morgan fingerprint density at radius 2 is 1.65 bits per heavy atom. The van der Waals surface area contributed by atoms with Crippen LogP contribution in [0.3, 0.4) is 0 Å². The number of benzene rings is 2. The number of aromatic nitrogens is 3. The molecule has 0 unspecified atom stereocenters. The number of amides is 2.